The zero-order valence-corrected chi connectivity index (χ0v) is 13.7. The summed E-state index contributed by atoms with van der Waals surface area (Å²) in [5.74, 6) is -0.821. The van der Waals surface area contributed by atoms with Crippen LogP contribution in [-0.2, 0) is 4.74 Å². The van der Waals surface area contributed by atoms with Crippen molar-refractivity contribution < 1.29 is 13.9 Å². The first-order valence-electron chi connectivity index (χ1n) is 7.67. The summed E-state index contributed by atoms with van der Waals surface area (Å²) in [5, 5.41) is 3.83. The van der Waals surface area contributed by atoms with Crippen LogP contribution in [0.4, 0.5) is 10.1 Å². The summed E-state index contributed by atoms with van der Waals surface area (Å²) in [6.45, 7) is 3.61. The van der Waals surface area contributed by atoms with Crippen LogP contribution in [0.2, 0.25) is 0 Å². The Kier molecular flexibility index (Phi) is 5.87. The van der Waals surface area contributed by atoms with E-state index in [2.05, 4.69) is 15.2 Å². The van der Waals surface area contributed by atoms with Crippen LogP contribution < -0.4 is 5.32 Å². The Hall–Kier alpha value is -2.21. The Morgan fingerprint density at radius 3 is 2.87 bits per heavy atom. The quantitative estimate of drug-likeness (QED) is 0.628. The molecule has 0 aliphatic carbocycles. The molecule has 0 unspecified atom stereocenters. The van der Waals surface area contributed by atoms with Gasteiger partial charge in [0.1, 0.15) is 11.4 Å². The number of hydrogen-bond donors (Lipinski definition) is 1. The van der Waals surface area contributed by atoms with Gasteiger partial charge in [-0.1, -0.05) is 0 Å². The van der Waals surface area contributed by atoms with Crippen LogP contribution in [0.5, 0.6) is 0 Å². The summed E-state index contributed by atoms with van der Waals surface area (Å²) in [6.07, 6.45) is 2.38. The molecule has 1 aromatic heterocycles. The lowest BCUT2D eigenvalue weighted by molar-refractivity contribution is 0.0527. The third-order valence-electron chi connectivity index (χ3n) is 3.41. The number of halogens is 1. The standard InChI is InChI=1S/C17H22FN3O2/c1-4-23-17(22)14-11-20-15-7-6-12(18)10-13(15)16(14)19-8-5-9-21(2)3/h6-7,10-11H,4-5,8-9H2,1-3H3,(H,19,20). The Balaban J connectivity index is 2.36. The van der Waals surface area contributed by atoms with E-state index in [9.17, 15) is 9.18 Å². The fourth-order valence-corrected chi connectivity index (χ4v) is 2.33. The molecule has 0 fully saturated rings. The number of fused-ring (bicyclic) bond motifs is 1. The first-order valence-corrected chi connectivity index (χ1v) is 7.67. The molecule has 0 aliphatic rings. The highest BCUT2D eigenvalue weighted by Crippen LogP contribution is 2.27. The number of rotatable bonds is 7. The van der Waals surface area contributed by atoms with Crippen LogP contribution in [0.3, 0.4) is 0 Å². The van der Waals surface area contributed by atoms with Crippen molar-refractivity contribution >= 4 is 22.6 Å². The second-order valence-electron chi connectivity index (χ2n) is 5.51. The van der Waals surface area contributed by atoms with Crippen molar-refractivity contribution in [2.45, 2.75) is 13.3 Å². The van der Waals surface area contributed by atoms with Gasteiger partial charge in [0.2, 0.25) is 0 Å². The minimum atomic E-state index is -0.457. The molecule has 2 rings (SSSR count). The minimum absolute atomic E-state index is 0.278. The van der Waals surface area contributed by atoms with E-state index in [1.165, 1.54) is 18.3 Å². The largest absolute Gasteiger partial charge is 0.462 e. The molecule has 0 atom stereocenters. The average molecular weight is 319 g/mol. The van der Waals surface area contributed by atoms with Crippen LogP contribution in [0, 0.1) is 5.82 Å². The number of anilines is 1. The normalized spacial score (nSPS) is 11.0. The Labute approximate surface area is 135 Å². The summed E-state index contributed by atoms with van der Waals surface area (Å²) >= 11 is 0. The number of aromatic nitrogens is 1. The fraction of sp³-hybridized carbons (Fsp3) is 0.412. The summed E-state index contributed by atoms with van der Waals surface area (Å²) in [7, 11) is 4.00. The molecule has 0 spiro atoms. The Morgan fingerprint density at radius 1 is 1.39 bits per heavy atom. The molecule has 6 heteroatoms. The Bertz CT molecular complexity index is 689. The molecular formula is C17H22FN3O2. The van der Waals surface area contributed by atoms with E-state index in [1.807, 2.05) is 14.1 Å². The number of esters is 1. The number of nitrogens with one attached hydrogen (secondary N) is 1. The monoisotopic (exact) mass is 319 g/mol. The maximum absolute atomic E-state index is 13.6. The number of pyridine rings is 1. The zero-order chi connectivity index (χ0) is 16.8. The van der Waals surface area contributed by atoms with Gasteiger partial charge in [-0.3, -0.25) is 4.98 Å². The van der Waals surface area contributed by atoms with Gasteiger partial charge < -0.3 is 15.0 Å². The number of carbonyl (C=O) groups is 1. The third-order valence-corrected chi connectivity index (χ3v) is 3.41. The summed E-state index contributed by atoms with van der Waals surface area (Å²) in [6, 6.07) is 4.35. The Morgan fingerprint density at radius 2 is 2.17 bits per heavy atom. The van der Waals surface area contributed by atoms with Gasteiger partial charge in [0, 0.05) is 18.1 Å². The topological polar surface area (TPSA) is 54.5 Å². The SMILES string of the molecule is CCOC(=O)c1cnc2ccc(F)cc2c1NCCCN(C)C. The van der Waals surface area contributed by atoms with Crippen LogP contribution in [0.15, 0.2) is 24.4 Å². The molecule has 1 aromatic carbocycles. The zero-order valence-electron chi connectivity index (χ0n) is 13.7. The molecule has 0 saturated heterocycles. The molecular weight excluding hydrogens is 297 g/mol. The highest BCUT2D eigenvalue weighted by atomic mass is 19.1. The smallest absolute Gasteiger partial charge is 0.341 e. The van der Waals surface area contributed by atoms with E-state index in [-0.39, 0.29) is 12.4 Å². The maximum atomic E-state index is 13.6. The van der Waals surface area contributed by atoms with Gasteiger partial charge in [0.15, 0.2) is 0 Å². The van der Waals surface area contributed by atoms with Crippen molar-refractivity contribution in [1.82, 2.24) is 9.88 Å². The van der Waals surface area contributed by atoms with Crippen molar-refractivity contribution in [3.63, 3.8) is 0 Å². The van der Waals surface area contributed by atoms with Gasteiger partial charge >= 0.3 is 5.97 Å². The van der Waals surface area contributed by atoms with Crippen molar-refractivity contribution in [1.29, 1.82) is 0 Å². The van der Waals surface area contributed by atoms with E-state index in [1.54, 1.807) is 13.0 Å². The van der Waals surface area contributed by atoms with Crippen molar-refractivity contribution in [3.8, 4) is 0 Å². The van der Waals surface area contributed by atoms with Gasteiger partial charge in [-0.15, -0.1) is 0 Å². The number of ether oxygens (including phenoxy) is 1. The molecule has 5 nitrogen and oxygen atoms in total. The molecule has 0 amide bonds. The van der Waals surface area contributed by atoms with E-state index in [0.29, 0.717) is 28.7 Å². The van der Waals surface area contributed by atoms with Crippen LogP contribution in [0.1, 0.15) is 23.7 Å². The van der Waals surface area contributed by atoms with E-state index in [0.717, 1.165) is 13.0 Å². The first kappa shape index (κ1) is 17.1. The van der Waals surface area contributed by atoms with Gasteiger partial charge in [-0.25, -0.2) is 9.18 Å². The predicted octanol–water partition coefficient (Wildman–Crippen LogP) is 2.91. The summed E-state index contributed by atoms with van der Waals surface area (Å²) in [4.78, 5) is 18.4. The molecule has 23 heavy (non-hydrogen) atoms. The van der Waals surface area contributed by atoms with Crippen molar-refractivity contribution in [3.05, 3.63) is 35.8 Å². The number of hydrogen-bond acceptors (Lipinski definition) is 5. The fourth-order valence-electron chi connectivity index (χ4n) is 2.33. The van der Waals surface area contributed by atoms with Gasteiger partial charge in [0.05, 0.1) is 17.8 Å². The van der Waals surface area contributed by atoms with Crippen LogP contribution in [-0.4, -0.2) is 49.6 Å². The molecule has 0 saturated carbocycles. The number of benzene rings is 1. The summed E-state index contributed by atoms with van der Waals surface area (Å²) in [5.41, 5.74) is 1.54. The van der Waals surface area contributed by atoms with Crippen LogP contribution in [0.25, 0.3) is 10.9 Å². The van der Waals surface area contributed by atoms with E-state index in [4.69, 9.17) is 4.74 Å². The van der Waals surface area contributed by atoms with Crippen molar-refractivity contribution in [2.24, 2.45) is 0 Å². The van der Waals surface area contributed by atoms with Crippen molar-refractivity contribution in [2.75, 3.05) is 39.1 Å². The molecule has 1 N–H and O–H groups in total. The van der Waals surface area contributed by atoms with E-state index >= 15 is 0 Å². The maximum Gasteiger partial charge on any atom is 0.341 e. The predicted molar refractivity (Wildman–Crippen MR) is 89.3 cm³/mol. The average Bonchev–Trinajstić information content (AvgIpc) is 2.51. The highest BCUT2D eigenvalue weighted by Gasteiger charge is 2.16. The minimum Gasteiger partial charge on any atom is -0.462 e. The van der Waals surface area contributed by atoms with Gasteiger partial charge in [-0.2, -0.15) is 0 Å². The summed E-state index contributed by atoms with van der Waals surface area (Å²) < 4.78 is 18.7. The highest BCUT2D eigenvalue weighted by molar-refractivity contribution is 6.04. The molecule has 0 radical (unpaired) electrons. The molecule has 124 valence electrons. The van der Waals surface area contributed by atoms with Gasteiger partial charge in [-0.05, 0) is 52.2 Å². The molecule has 1 heterocycles. The van der Waals surface area contributed by atoms with Crippen LogP contribution >= 0.6 is 0 Å². The van der Waals surface area contributed by atoms with Gasteiger partial charge in [0.25, 0.3) is 0 Å². The number of carbonyl (C=O) groups excluding carboxylic acids is 1. The lowest BCUT2D eigenvalue weighted by Crippen LogP contribution is -2.17. The second-order valence-corrected chi connectivity index (χ2v) is 5.51. The third kappa shape index (κ3) is 4.39. The molecule has 2 aromatic rings. The molecule has 0 aliphatic heterocycles. The second kappa shape index (κ2) is 7.87. The lowest BCUT2D eigenvalue weighted by atomic mass is 10.1. The van der Waals surface area contributed by atoms with E-state index < -0.39 is 5.97 Å². The first-order chi connectivity index (χ1) is 11.0. The lowest BCUT2D eigenvalue weighted by Gasteiger charge is -2.15. The molecule has 0 bridgehead atoms. The number of nitrogens with zero attached hydrogens (tertiary/aromatic N) is 2.